The minimum absolute atomic E-state index is 0.00325. The lowest BCUT2D eigenvalue weighted by atomic mass is 10.2. The van der Waals surface area contributed by atoms with Crippen LogP contribution in [0.3, 0.4) is 0 Å². The van der Waals surface area contributed by atoms with Gasteiger partial charge in [-0.05, 0) is 12.1 Å². The van der Waals surface area contributed by atoms with Crippen LogP contribution in [0.4, 0.5) is 5.88 Å². The molecule has 0 spiro atoms. The van der Waals surface area contributed by atoms with Gasteiger partial charge >= 0.3 is 5.63 Å². The molecule has 0 aliphatic carbocycles. The van der Waals surface area contributed by atoms with Crippen LogP contribution in [0.2, 0.25) is 0 Å². The van der Waals surface area contributed by atoms with Gasteiger partial charge in [-0.3, -0.25) is 0 Å². The number of aliphatic hydroxyl groups excluding tert-OH is 1. The molecule has 0 saturated carbocycles. The Morgan fingerprint density at radius 2 is 2.14 bits per heavy atom. The summed E-state index contributed by atoms with van der Waals surface area (Å²) in [6.45, 7) is 0.0780. The molecule has 0 atom stereocenters. The molecule has 22 heavy (non-hydrogen) atoms. The highest BCUT2D eigenvalue weighted by molar-refractivity contribution is 5.80. The molecular formula is C15H11N3O4. The molecule has 0 unspecified atom stereocenters. The predicted octanol–water partition coefficient (Wildman–Crippen LogP) is 1.72. The van der Waals surface area contributed by atoms with Crippen molar-refractivity contribution in [1.29, 1.82) is 5.26 Å². The number of nitrogens with zero attached hydrogens (tertiary/aromatic N) is 2. The van der Waals surface area contributed by atoms with E-state index in [2.05, 4.69) is 10.3 Å². The molecule has 0 saturated heterocycles. The third kappa shape index (κ3) is 2.43. The summed E-state index contributed by atoms with van der Waals surface area (Å²) in [7, 11) is 0. The molecule has 2 heterocycles. The Labute approximate surface area is 124 Å². The number of nitriles is 1. The van der Waals surface area contributed by atoms with Gasteiger partial charge in [0.1, 0.15) is 17.2 Å². The number of nitrogens with one attached hydrogen (secondary N) is 1. The fourth-order valence-electron chi connectivity index (χ4n) is 2.01. The first-order valence-corrected chi connectivity index (χ1v) is 6.52. The molecule has 0 bridgehead atoms. The van der Waals surface area contributed by atoms with E-state index in [-0.39, 0.29) is 36.2 Å². The van der Waals surface area contributed by atoms with Crippen LogP contribution in [0.1, 0.15) is 5.69 Å². The average molecular weight is 297 g/mol. The number of benzene rings is 1. The van der Waals surface area contributed by atoms with E-state index in [0.717, 1.165) is 5.39 Å². The molecule has 7 nitrogen and oxygen atoms in total. The maximum atomic E-state index is 12.0. The smallest absolute Gasteiger partial charge is 0.349 e. The van der Waals surface area contributed by atoms with Gasteiger partial charge in [-0.15, -0.1) is 0 Å². The van der Waals surface area contributed by atoms with E-state index < -0.39 is 5.63 Å². The van der Waals surface area contributed by atoms with E-state index in [1.165, 1.54) is 0 Å². The highest BCUT2D eigenvalue weighted by Crippen LogP contribution is 2.25. The first-order valence-electron chi connectivity index (χ1n) is 6.52. The molecule has 0 fully saturated rings. The Balaban J connectivity index is 2.11. The second-order valence-electron chi connectivity index (χ2n) is 4.44. The van der Waals surface area contributed by atoms with Crippen molar-refractivity contribution in [2.24, 2.45) is 0 Å². The van der Waals surface area contributed by atoms with E-state index >= 15 is 0 Å². The Morgan fingerprint density at radius 1 is 1.32 bits per heavy atom. The van der Waals surface area contributed by atoms with Crippen LogP contribution in [0.5, 0.6) is 0 Å². The first-order chi connectivity index (χ1) is 10.7. The molecule has 3 aromatic rings. The SMILES string of the molecule is N#Cc1nc(-c2cc3ccccc3oc2=O)oc1NCCO. The van der Waals surface area contributed by atoms with Crippen molar-refractivity contribution in [3.05, 3.63) is 46.4 Å². The van der Waals surface area contributed by atoms with Crippen molar-refractivity contribution in [2.75, 3.05) is 18.5 Å². The Morgan fingerprint density at radius 3 is 2.91 bits per heavy atom. The van der Waals surface area contributed by atoms with Crippen molar-refractivity contribution >= 4 is 16.9 Å². The lowest BCUT2D eigenvalue weighted by Crippen LogP contribution is -2.05. The summed E-state index contributed by atoms with van der Waals surface area (Å²) < 4.78 is 10.6. The molecule has 7 heteroatoms. The zero-order valence-corrected chi connectivity index (χ0v) is 11.4. The Kier molecular flexibility index (Phi) is 3.60. The maximum Gasteiger partial charge on any atom is 0.349 e. The number of para-hydroxylation sites is 1. The lowest BCUT2D eigenvalue weighted by Gasteiger charge is -1.99. The van der Waals surface area contributed by atoms with Gasteiger partial charge in [0.2, 0.25) is 17.5 Å². The number of fused-ring (bicyclic) bond motifs is 1. The number of aliphatic hydroxyl groups is 1. The van der Waals surface area contributed by atoms with Crippen LogP contribution in [0.15, 0.2) is 44.0 Å². The van der Waals surface area contributed by atoms with Gasteiger partial charge in [-0.2, -0.15) is 10.2 Å². The van der Waals surface area contributed by atoms with E-state index in [9.17, 15) is 4.79 Å². The van der Waals surface area contributed by atoms with Gasteiger partial charge < -0.3 is 19.3 Å². The first kappa shape index (κ1) is 13.9. The number of oxazole rings is 1. The van der Waals surface area contributed by atoms with Crippen LogP contribution in [0, 0.1) is 11.3 Å². The third-order valence-electron chi connectivity index (χ3n) is 3.00. The van der Waals surface area contributed by atoms with Gasteiger partial charge in [0.25, 0.3) is 0 Å². The summed E-state index contributed by atoms with van der Waals surface area (Å²) in [5.74, 6) is 0.107. The molecule has 2 aromatic heterocycles. The normalized spacial score (nSPS) is 10.5. The number of aromatic nitrogens is 1. The van der Waals surface area contributed by atoms with Crippen LogP contribution in [-0.2, 0) is 0 Å². The summed E-state index contributed by atoms with van der Waals surface area (Å²) in [6.07, 6.45) is 0. The van der Waals surface area contributed by atoms with Gasteiger partial charge in [-0.1, -0.05) is 18.2 Å². The van der Waals surface area contributed by atoms with Crippen molar-refractivity contribution in [2.45, 2.75) is 0 Å². The van der Waals surface area contributed by atoms with Crippen LogP contribution < -0.4 is 10.9 Å². The Bertz CT molecular complexity index is 920. The summed E-state index contributed by atoms with van der Waals surface area (Å²) in [5.41, 5.74) is 0.00310. The van der Waals surface area contributed by atoms with E-state index in [4.69, 9.17) is 19.2 Å². The molecule has 110 valence electrons. The van der Waals surface area contributed by atoms with Gasteiger partial charge in [-0.25, -0.2) is 4.79 Å². The highest BCUT2D eigenvalue weighted by Gasteiger charge is 2.18. The second-order valence-corrected chi connectivity index (χ2v) is 4.44. The van der Waals surface area contributed by atoms with Crippen LogP contribution >= 0.6 is 0 Å². The molecule has 0 aliphatic rings. The molecule has 3 rings (SSSR count). The molecule has 0 radical (unpaired) electrons. The summed E-state index contributed by atoms with van der Waals surface area (Å²) >= 11 is 0. The third-order valence-corrected chi connectivity index (χ3v) is 3.00. The van der Waals surface area contributed by atoms with Crippen LogP contribution in [-0.4, -0.2) is 23.2 Å². The zero-order chi connectivity index (χ0) is 15.5. The minimum Gasteiger partial charge on any atom is -0.422 e. The average Bonchev–Trinajstić information content (AvgIpc) is 2.95. The monoisotopic (exact) mass is 297 g/mol. The number of rotatable bonds is 4. The molecule has 1 aromatic carbocycles. The highest BCUT2D eigenvalue weighted by atomic mass is 16.4. The molecule has 2 N–H and O–H groups in total. The van der Waals surface area contributed by atoms with Crippen molar-refractivity contribution in [3.8, 4) is 17.5 Å². The molecule has 0 amide bonds. The zero-order valence-electron chi connectivity index (χ0n) is 11.4. The van der Waals surface area contributed by atoms with E-state index in [1.807, 2.05) is 12.1 Å². The second kappa shape index (κ2) is 5.71. The number of anilines is 1. The van der Waals surface area contributed by atoms with Crippen molar-refractivity contribution < 1.29 is 13.9 Å². The Hall–Kier alpha value is -3.11. The summed E-state index contributed by atoms with van der Waals surface area (Å²) in [6, 6.07) is 10.5. The largest absolute Gasteiger partial charge is 0.422 e. The van der Waals surface area contributed by atoms with E-state index in [0.29, 0.717) is 5.58 Å². The predicted molar refractivity (Wildman–Crippen MR) is 78.3 cm³/mol. The summed E-state index contributed by atoms with van der Waals surface area (Å²) in [5, 5.41) is 21.3. The van der Waals surface area contributed by atoms with E-state index in [1.54, 1.807) is 24.3 Å². The fraction of sp³-hybridized carbons (Fsp3) is 0.133. The lowest BCUT2D eigenvalue weighted by molar-refractivity contribution is 0.310. The summed E-state index contributed by atoms with van der Waals surface area (Å²) in [4.78, 5) is 16.0. The number of hydrogen-bond acceptors (Lipinski definition) is 7. The maximum absolute atomic E-state index is 12.0. The quantitative estimate of drug-likeness (QED) is 0.705. The van der Waals surface area contributed by atoms with Crippen LogP contribution in [0.25, 0.3) is 22.4 Å². The standard InChI is InChI=1S/C15H11N3O4/c16-8-11-14(17-5-6-19)22-13(18-11)10-7-9-3-1-2-4-12(9)21-15(10)20/h1-4,7,17,19H,5-6H2. The fourth-order valence-corrected chi connectivity index (χ4v) is 2.01. The number of hydrogen-bond donors (Lipinski definition) is 2. The minimum atomic E-state index is -0.599. The molecule has 0 aliphatic heterocycles. The van der Waals surface area contributed by atoms with Gasteiger partial charge in [0.05, 0.1) is 6.61 Å². The van der Waals surface area contributed by atoms with Gasteiger partial charge in [0.15, 0.2) is 0 Å². The molecular weight excluding hydrogens is 286 g/mol. The van der Waals surface area contributed by atoms with Crippen molar-refractivity contribution in [1.82, 2.24) is 4.98 Å². The van der Waals surface area contributed by atoms with Gasteiger partial charge in [0, 0.05) is 11.9 Å². The topological polar surface area (TPSA) is 112 Å². The van der Waals surface area contributed by atoms with Crippen molar-refractivity contribution in [3.63, 3.8) is 0 Å².